The van der Waals surface area contributed by atoms with Crippen molar-refractivity contribution in [1.29, 1.82) is 0 Å². The second-order valence-electron chi connectivity index (χ2n) is 8.55. The summed E-state index contributed by atoms with van der Waals surface area (Å²) in [7, 11) is 6.26. The van der Waals surface area contributed by atoms with E-state index in [1.165, 1.54) is 0 Å². The number of hydrogen-bond donors (Lipinski definition) is 0. The van der Waals surface area contributed by atoms with E-state index in [1.54, 1.807) is 57.6 Å². The van der Waals surface area contributed by atoms with Gasteiger partial charge in [-0.25, -0.2) is 0 Å². The van der Waals surface area contributed by atoms with Crippen molar-refractivity contribution < 1.29 is 33.3 Å². The van der Waals surface area contributed by atoms with Crippen molar-refractivity contribution in [2.24, 2.45) is 5.92 Å². The summed E-state index contributed by atoms with van der Waals surface area (Å²) < 4.78 is 27.2. The fraction of sp³-hybridized carbons (Fsp3) is 0.462. The van der Waals surface area contributed by atoms with Crippen molar-refractivity contribution in [3.05, 3.63) is 47.5 Å². The van der Waals surface area contributed by atoms with Gasteiger partial charge in [0, 0.05) is 37.7 Å². The highest BCUT2D eigenvalue weighted by Gasteiger charge is 2.43. The Hall–Kier alpha value is -3.46. The monoisotopic (exact) mass is 484 g/mol. The summed E-state index contributed by atoms with van der Waals surface area (Å²) in [4.78, 5) is 30.6. The highest BCUT2D eigenvalue weighted by molar-refractivity contribution is 5.95. The topological polar surface area (TPSA) is 86.8 Å². The minimum Gasteiger partial charge on any atom is -0.497 e. The summed E-state index contributed by atoms with van der Waals surface area (Å²) in [5, 5.41) is 0. The third-order valence-electron chi connectivity index (χ3n) is 6.70. The van der Waals surface area contributed by atoms with Crippen LogP contribution in [0.1, 0.15) is 21.8 Å². The van der Waals surface area contributed by atoms with Crippen molar-refractivity contribution in [2.75, 3.05) is 67.8 Å². The van der Waals surface area contributed by atoms with Crippen LogP contribution in [-0.4, -0.2) is 89.4 Å². The molecule has 2 heterocycles. The molecule has 2 saturated heterocycles. The van der Waals surface area contributed by atoms with E-state index in [9.17, 15) is 9.59 Å². The number of carbonyl (C=O) groups is 2. The summed E-state index contributed by atoms with van der Waals surface area (Å²) in [6, 6.07) is 10.7. The van der Waals surface area contributed by atoms with Gasteiger partial charge in [-0.2, -0.15) is 0 Å². The number of likely N-dealkylation sites (tertiary alicyclic amines) is 1. The van der Waals surface area contributed by atoms with E-state index in [2.05, 4.69) is 0 Å². The molecule has 2 amide bonds. The van der Waals surface area contributed by atoms with Crippen LogP contribution < -0.4 is 18.9 Å². The second-order valence-corrected chi connectivity index (χ2v) is 8.55. The second kappa shape index (κ2) is 10.9. The SMILES string of the molecule is COc1ccc(C(=O)N2CC(C(=O)N3CCOCC3)C(c3cc(OC)c(OC)c(OC)c3)C2)cc1. The Morgan fingerprint density at radius 2 is 1.46 bits per heavy atom. The average Bonchev–Trinajstić information content (AvgIpc) is 3.37. The highest BCUT2D eigenvalue weighted by atomic mass is 16.5. The van der Waals surface area contributed by atoms with Crippen molar-refractivity contribution in [3.8, 4) is 23.0 Å². The van der Waals surface area contributed by atoms with Crippen LogP contribution in [0.2, 0.25) is 0 Å². The Bertz CT molecular complexity index is 1030. The molecule has 0 N–H and O–H groups in total. The fourth-order valence-electron chi connectivity index (χ4n) is 4.81. The molecule has 2 fully saturated rings. The Labute approximate surface area is 205 Å². The lowest BCUT2D eigenvalue weighted by molar-refractivity contribution is -0.139. The zero-order valence-corrected chi connectivity index (χ0v) is 20.6. The van der Waals surface area contributed by atoms with E-state index in [-0.39, 0.29) is 17.7 Å². The predicted octanol–water partition coefficient (Wildman–Crippen LogP) is 2.44. The number of methoxy groups -OCH3 is 4. The number of carbonyl (C=O) groups excluding carboxylic acids is 2. The van der Waals surface area contributed by atoms with Crippen LogP contribution in [-0.2, 0) is 9.53 Å². The maximum absolute atomic E-state index is 13.6. The van der Waals surface area contributed by atoms with E-state index in [1.807, 2.05) is 17.0 Å². The Morgan fingerprint density at radius 1 is 0.829 bits per heavy atom. The van der Waals surface area contributed by atoms with Gasteiger partial charge < -0.3 is 33.5 Å². The number of ether oxygens (including phenoxy) is 5. The molecular weight excluding hydrogens is 452 g/mol. The molecule has 2 aromatic rings. The average molecular weight is 485 g/mol. The van der Waals surface area contributed by atoms with Gasteiger partial charge >= 0.3 is 0 Å². The van der Waals surface area contributed by atoms with Gasteiger partial charge in [0.25, 0.3) is 5.91 Å². The van der Waals surface area contributed by atoms with Gasteiger partial charge in [-0.05, 0) is 42.0 Å². The van der Waals surface area contributed by atoms with Gasteiger partial charge in [0.15, 0.2) is 11.5 Å². The van der Waals surface area contributed by atoms with E-state index in [0.29, 0.717) is 68.0 Å². The van der Waals surface area contributed by atoms with Crippen molar-refractivity contribution >= 4 is 11.8 Å². The molecular formula is C26H32N2O7. The molecule has 2 aliphatic rings. The molecule has 4 rings (SSSR count). The highest BCUT2D eigenvalue weighted by Crippen LogP contribution is 2.43. The number of nitrogens with zero attached hydrogens (tertiary/aromatic N) is 2. The standard InChI is InChI=1S/C26H32N2O7/c1-31-19-7-5-17(6-8-19)25(29)28-15-20(21(16-28)26(30)27-9-11-35-12-10-27)18-13-22(32-2)24(34-4)23(14-18)33-3/h5-8,13-14,20-21H,9-12,15-16H2,1-4H3. The summed E-state index contributed by atoms with van der Waals surface area (Å²) >= 11 is 0. The van der Waals surface area contributed by atoms with Crippen molar-refractivity contribution in [3.63, 3.8) is 0 Å². The van der Waals surface area contributed by atoms with Gasteiger partial charge in [0.1, 0.15) is 5.75 Å². The molecule has 2 aliphatic heterocycles. The Morgan fingerprint density at radius 3 is 2.00 bits per heavy atom. The molecule has 0 spiro atoms. The third kappa shape index (κ3) is 5.00. The Balaban J connectivity index is 1.68. The minimum absolute atomic E-state index is 0.0251. The smallest absolute Gasteiger partial charge is 0.253 e. The molecule has 0 aliphatic carbocycles. The van der Waals surface area contributed by atoms with Crippen molar-refractivity contribution in [1.82, 2.24) is 9.80 Å². The molecule has 9 heteroatoms. The van der Waals surface area contributed by atoms with E-state index < -0.39 is 5.92 Å². The van der Waals surface area contributed by atoms with Crippen LogP contribution in [0, 0.1) is 5.92 Å². The molecule has 2 aromatic carbocycles. The first-order valence-corrected chi connectivity index (χ1v) is 11.6. The van der Waals surface area contributed by atoms with Gasteiger partial charge in [0.2, 0.25) is 11.7 Å². The lowest BCUT2D eigenvalue weighted by Gasteiger charge is -2.31. The van der Waals surface area contributed by atoms with Crippen LogP contribution in [0.15, 0.2) is 36.4 Å². The first-order valence-electron chi connectivity index (χ1n) is 11.6. The molecule has 35 heavy (non-hydrogen) atoms. The van der Waals surface area contributed by atoms with Gasteiger partial charge in [0.05, 0.1) is 47.6 Å². The maximum Gasteiger partial charge on any atom is 0.253 e. The molecule has 0 aromatic heterocycles. The zero-order valence-electron chi connectivity index (χ0n) is 20.6. The quantitative estimate of drug-likeness (QED) is 0.597. The minimum atomic E-state index is -0.405. The first kappa shape index (κ1) is 24.7. The van der Waals surface area contributed by atoms with Crippen LogP contribution in [0.25, 0.3) is 0 Å². The summed E-state index contributed by atoms with van der Waals surface area (Å²) in [5.74, 6) is 1.45. The number of morpholine rings is 1. The molecule has 0 saturated carbocycles. The number of amides is 2. The van der Waals surface area contributed by atoms with E-state index in [0.717, 1.165) is 5.56 Å². The lowest BCUT2D eigenvalue weighted by atomic mass is 9.87. The fourth-order valence-corrected chi connectivity index (χ4v) is 4.81. The maximum atomic E-state index is 13.6. The van der Waals surface area contributed by atoms with E-state index in [4.69, 9.17) is 23.7 Å². The molecule has 2 atom stereocenters. The van der Waals surface area contributed by atoms with Gasteiger partial charge in [-0.1, -0.05) is 0 Å². The molecule has 0 bridgehead atoms. The first-order chi connectivity index (χ1) is 17.0. The molecule has 9 nitrogen and oxygen atoms in total. The van der Waals surface area contributed by atoms with E-state index >= 15 is 0 Å². The summed E-state index contributed by atoms with van der Waals surface area (Å²) in [6.07, 6.45) is 0. The number of hydrogen-bond acceptors (Lipinski definition) is 7. The van der Waals surface area contributed by atoms with Crippen LogP contribution in [0.5, 0.6) is 23.0 Å². The summed E-state index contributed by atoms with van der Waals surface area (Å²) in [5.41, 5.74) is 1.41. The summed E-state index contributed by atoms with van der Waals surface area (Å²) in [6.45, 7) is 2.84. The van der Waals surface area contributed by atoms with Crippen molar-refractivity contribution in [2.45, 2.75) is 5.92 Å². The van der Waals surface area contributed by atoms with Crippen LogP contribution in [0.3, 0.4) is 0 Å². The van der Waals surface area contributed by atoms with Gasteiger partial charge in [-0.3, -0.25) is 9.59 Å². The lowest BCUT2D eigenvalue weighted by Crippen LogP contribution is -2.45. The van der Waals surface area contributed by atoms with Gasteiger partial charge in [-0.15, -0.1) is 0 Å². The van der Waals surface area contributed by atoms with Crippen LogP contribution >= 0.6 is 0 Å². The number of rotatable bonds is 7. The normalized spacial score (nSPS) is 19.9. The molecule has 0 radical (unpaired) electrons. The number of benzene rings is 2. The Kier molecular flexibility index (Phi) is 7.65. The molecule has 2 unspecified atom stereocenters. The molecule has 188 valence electrons. The predicted molar refractivity (Wildman–Crippen MR) is 129 cm³/mol. The largest absolute Gasteiger partial charge is 0.497 e. The van der Waals surface area contributed by atoms with Crippen LogP contribution in [0.4, 0.5) is 0 Å². The zero-order chi connectivity index (χ0) is 24.9. The third-order valence-corrected chi connectivity index (χ3v) is 6.70.